The minimum atomic E-state index is -3.65. The van der Waals surface area contributed by atoms with Crippen molar-refractivity contribution in [2.75, 3.05) is 0 Å². The Balaban J connectivity index is 2.65. The number of nitrogens with one attached hydrogen (secondary N) is 1. The highest BCUT2D eigenvalue weighted by Gasteiger charge is 2.23. The molecule has 1 rings (SSSR count). The van der Waals surface area contributed by atoms with Crippen LogP contribution in [0.5, 0.6) is 0 Å². The van der Waals surface area contributed by atoms with Crippen LogP contribution in [0.3, 0.4) is 0 Å². The Bertz CT molecular complexity index is 488. The number of hydrogen-bond donors (Lipinski definition) is 1. The van der Waals surface area contributed by atoms with Crippen LogP contribution in [0.1, 0.15) is 25.1 Å². The number of nitriles is 1. The molecule has 0 aliphatic heterocycles. The van der Waals surface area contributed by atoms with Crippen LogP contribution in [0.2, 0.25) is 0 Å². The lowest BCUT2D eigenvalue weighted by Crippen LogP contribution is -2.32. The van der Waals surface area contributed by atoms with Crippen molar-refractivity contribution in [3.8, 4) is 6.07 Å². The molecule has 0 amide bonds. The van der Waals surface area contributed by atoms with Crippen molar-refractivity contribution in [2.24, 2.45) is 0 Å². The van der Waals surface area contributed by atoms with Gasteiger partial charge in [-0.25, -0.2) is 13.1 Å². The first kappa shape index (κ1) is 12.6. The lowest BCUT2D eigenvalue weighted by atomic mass is 10.4. The van der Waals surface area contributed by atoms with Crippen LogP contribution in [-0.2, 0) is 16.6 Å². The molecule has 1 heterocycles. The Morgan fingerprint density at radius 3 is 2.75 bits per heavy atom. The Morgan fingerprint density at radius 2 is 2.31 bits per heavy atom. The standard InChI is InChI=1S/C8H12N4O3S/c1-3-7(4-9)16(13,14)10-5-8-11-6(2)12-15-8/h7,10H,3,5H2,1-2H3. The monoisotopic (exact) mass is 244 g/mol. The summed E-state index contributed by atoms with van der Waals surface area (Å²) in [5, 5.41) is 11.1. The Hall–Kier alpha value is -1.46. The van der Waals surface area contributed by atoms with E-state index in [0.717, 1.165) is 0 Å². The largest absolute Gasteiger partial charge is 0.338 e. The highest BCUT2D eigenvalue weighted by molar-refractivity contribution is 7.90. The third kappa shape index (κ3) is 3.01. The molecule has 0 saturated carbocycles. The zero-order chi connectivity index (χ0) is 12.2. The molecular weight excluding hydrogens is 232 g/mol. The van der Waals surface area contributed by atoms with Gasteiger partial charge in [-0.05, 0) is 13.3 Å². The molecule has 1 unspecified atom stereocenters. The van der Waals surface area contributed by atoms with E-state index in [4.69, 9.17) is 9.78 Å². The molecule has 7 nitrogen and oxygen atoms in total. The van der Waals surface area contributed by atoms with Crippen LogP contribution in [0, 0.1) is 18.3 Å². The molecule has 16 heavy (non-hydrogen) atoms. The topological polar surface area (TPSA) is 109 Å². The highest BCUT2D eigenvalue weighted by Crippen LogP contribution is 2.04. The lowest BCUT2D eigenvalue weighted by Gasteiger charge is -2.07. The molecule has 0 fully saturated rings. The van der Waals surface area contributed by atoms with Gasteiger partial charge in [0, 0.05) is 0 Å². The van der Waals surface area contributed by atoms with Gasteiger partial charge in [0.1, 0.15) is 0 Å². The van der Waals surface area contributed by atoms with Gasteiger partial charge in [0.25, 0.3) is 0 Å². The first-order chi connectivity index (χ1) is 7.49. The third-order valence-corrected chi connectivity index (χ3v) is 3.62. The van der Waals surface area contributed by atoms with Gasteiger partial charge in [-0.2, -0.15) is 10.2 Å². The number of aryl methyl sites for hydroxylation is 1. The molecule has 88 valence electrons. The van der Waals surface area contributed by atoms with Crippen LogP contribution in [0.15, 0.2) is 4.52 Å². The van der Waals surface area contributed by atoms with Crippen molar-refractivity contribution in [1.29, 1.82) is 5.26 Å². The van der Waals surface area contributed by atoms with Crippen molar-refractivity contribution in [3.05, 3.63) is 11.7 Å². The van der Waals surface area contributed by atoms with Crippen LogP contribution in [0.25, 0.3) is 0 Å². The van der Waals surface area contributed by atoms with Crippen molar-refractivity contribution in [3.63, 3.8) is 0 Å². The van der Waals surface area contributed by atoms with Crippen molar-refractivity contribution < 1.29 is 12.9 Å². The zero-order valence-corrected chi connectivity index (χ0v) is 9.78. The van der Waals surface area contributed by atoms with Gasteiger partial charge in [0.2, 0.25) is 15.9 Å². The number of aromatic nitrogens is 2. The van der Waals surface area contributed by atoms with Gasteiger partial charge in [-0.15, -0.1) is 0 Å². The molecule has 0 aromatic carbocycles. The van der Waals surface area contributed by atoms with Crippen LogP contribution >= 0.6 is 0 Å². The summed E-state index contributed by atoms with van der Waals surface area (Å²) >= 11 is 0. The first-order valence-corrected chi connectivity index (χ1v) is 6.21. The van der Waals surface area contributed by atoms with Crippen LogP contribution < -0.4 is 4.72 Å². The number of rotatable bonds is 5. The highest BCUT2D eigenvalue weighted by atomic mass is 32.2. The van der Waals surface area contributed by atoms with E-state index < -0.39 is 15.3 Å². The van der Waals surface area contributed by atoms with E-state index in [2.05, 4.69) is 14.9 Å². The van der Waals surface area contributed by atoms with Crippen LogP contribution in [-0.4, -0.2) is 23.8 Å². The number of nitrogens with zero attached hydrogens (tertiary/aromatic N) is 3. The summed E-state index contributed by atoms with van der Waals surface area (Å²) in [6.45, 7) is 3.16. The van der Waals surface area contributed by atoms with Gasteiger partial charge < -0.3 is 4.52 Å². The second kappa shape index (κ2) is 5.05. The number of hydrogen-bond acceptors (Lipinski definition) is 6. The fourth-order valence-corrected chi connectivity index (χ4v) is 2.16. The molecule has 1 aromatic heterocycles. The van der Waals surface area contributed by atoms with Crippen LogP contribution in [0.4, 0.5) is 0 Å². The maximum Gasteiger partial charge on any atom is 0.241 e. The molecule has 0 aliphatic carbocycles. The molecule has 1 aromatic rings. The SMILES string of the molecule is CCC(C#N)S(=O)(=O)NCc1nc(C)no1. The normalized spacial score (nSPS) is 13.3. The minimum absolute atomic E-state index is 0.0959. The zero-order valence-electron chi connectivity index (χ0n) is 8.97. The summed E-state index contributed by atoms with van der Waals surface area (Å²) in [6, 6.07) is 1.72. The Morgan fingerprint density at radius 1 is 1.62 bits per heavy atom. The molecule has 1 atom stereocenters. The summed E-state index contributed by atoms with van der Waals surface area (Å²) < 4.78 is 30.1. The molecule has 0 bridgehead atoms. The fourth-order valence-electron chi connectivity index (χ4n) is 1.05. The average molecular weight is 244 g/mol. The average Bonchev–Trinajstić information content (AvgIpc) is 2.63. The molecule has 1 N–H and O–H groups in total. The molecule has 0 radical (unpaired) electrons. The Labute approximate surface area is 93.5 Å². The summed E-state index contributed by atoms with van der Waals surface area (Å²) in [6.07, 6.45) is 0.231. The van der Waals surface area contributed by atoms with Crippen molar-refractivity contribution >= 4 is 10.0 Å². The van der Waals surface area contributed by atoms with E-state index in [1.54, 1.807) is 19.9 Å². The van der Waals surface area contributed by atoms with E-state index in [1.165, 1.54) is 0 Å². The fraction of sp³-hybridized carbons (Fsp3) is 0.625. The van der Waals surface area contributed by atoms with E-state index in [-0.39, 0.29) is 18.9 Å². The minimum Gasteiger partial charge on any atom is -0.338 e. The second-order valence-electron chi connectivity index (χ2n) is 3.13. The van der Waals surface area contributed by atoms with E-state index in [1.807, 2.05) is 0 Å². The van der Waals surface area contributed by atoms with Gasteiger partial charge in [0.15, 0.2) is 11.1 Å². The molecule has 0 saturated heterocycles. The quantitative estimate of drug-likeness (QED) is 0.786. The molecule has 0 spiro atoms. The van der Waals surface area contributed by atoms with Crippen molar-refractivity contribution in [1.82, 2.24) is 14.9 Å². The molecule has 8 heteroatoms. The summed E-state index contributed by atoms with van der Waals surface area (Å²) in [7, 11) is -3.65. The Kier molecular flexibility index (Phi) is 3.98. The van der Waals surface area contributed by atoms with Gasteiger partial charge in [-0.1, -0.05) is 12.1 Å². The maximum atomic E-state index is 11.5. The summed E-state index contributed by atoms with van der Waals surface area (Å²) in [5.41, 5.74) is 0. The van der Waals surface area contributed by atoms with Gasteiger partial charge in [0.05, 0.1) is 12.6 Å². The predicted molar refractivity (Wildman–Crippen MR) is 54.5 cm³/mol. The van der Waals surface area contributed by atoms with E-state index >= 15 is 0 Å². The van der Waals surface area contributed by atoms with Crippen molar-refractivity contribution in [2.45, 2.75) is 32.1 Å². The smallest absolute Gasteiger partial charge is 0.241 e. The van der Waals surface area contributed by atoms with Gasteiger partial charge in [-0.3, -0.25) is 0 Å². The first-order valence-electron chi connectivity index (χ1n) is 4.67. The second-order valence-corrected chi connectivity index (χ2v) is 5.08. The summed E-state index contributed by atoms with van der Waals surface area (Å²) in [5.74, 6) is 0.607. The third-order valence-electron chi connectivity index (χ3n) is 1.88. The number of sulfonamides is 1. The van der Waals surface area contributed by atoms with E-state index in [0.29, 0.717) is 5.82 Å². The summed E-state index contributed by atoms with van der Waals surface area (Å²) in [4.78, 5) is 3.84. The predicted octanol–water partition coefficient (Wildman–Crippen LogP) is 0.0996. The maximum absolute atomic E-state index is 11.5. The molecule has 0 aliphatic rings. The van der Waals surface area contributed by atoms with E-state index in [9.17, 15) is 8.42 Å². The van der Waals surface area contributed by atoms with Gasteiger partial charge >= 0.3 is 0 Å². The lowest BCUT2D eigenvalue weighted by molar-refractivity contribution is 0.371. The molecular formula is C8H12N4O3S.